The number of para-hydroxylation sites is 1. The second-order valence-corrected chi connectivity index (χ2v) is 7.25. The molecule has 5 rings (SSSR count). The average Bonchev–Trinajstić information content (AvgIpc) is 3.55. The van der Waals surface area contributed by atoms with E-state index in [9.17, 15) is 4.79 Å². The summed E-state index contributed by atoms with van der Waals surface area (Å²) >= 11 is 0. The molecule has 2 N–H and O–H groups in total. The summed E-state index contributed by atoms with van der Waals surface area (Å²) in [6.45, 7) is 0.254. The van der Waals surface area contributed by atoms with Gasteiger partial charge < -0.3 is 19.2 Å². The molecule has 0 fully saturated rings. The standard InChI is InChI=1S/C25H20N4O4/c1-31-23-11-10-17(27-25(30)21-14-20(28-29-21)22-7-4-12-32-22)13-24(23)33-15-18-9-8-16-5-2-3-6-19(16)26-18/h2-14H,15H2,1H3,(H,27,30)(H,28,29). The van der Waals surface area contributed by atoms with Crippen molar-refractivity contribution in [1.82, 2.24) is 15.2 Å². The van der Waals surface area contributed by atoms with Crippen LogP contribution in [0.5, 0.6) is 11.5 Å². The maximum absolute atomic E-state index is 12.7. The molecule has 8 heteroatoms. The van der Waals surface area contributed by atoms with Crippen LogP contribution in [0.4, 0.5) is 5.69 Å². The molecule has 0 aliphatic carbocycles. The second kappa shape index (κ2) is 8.88. The van der Waals surface area contributed by atoms with E-state index in [-0.39, 0.29) is 18.2 Å². The van der Waals surface area contributed by atoms with Gasteiger partial charge in [-0.25, -0.2) is 4.98 Å². The molecule has 0 spiro atoms. The number of hydrogen-bond acceptors (Lipinski definition) is 6. The second-order valence-electron chi connectivity index (χ2n) is 7.25. The van der Waals surface area contributed by atoms with Crippen molar-refractivity contribution < 1.29 is 18.7 Å². The Kier molecular flexibility index (Phi) is 5.47. The third kappa shape index (κ3) is 4.40. The van der Waals surface area contributed by atoms with Crippen LogP contribution in [0.1, 0.15) is 16.2 Å². The van der Waals surface area contributed by atoms with Gasteiger partial charge in [0.15, 0.2) is 23.0 Å². The highest BCUT2D eigenvalue weighted by atomic mass is 16.5. The number of amides is 1. The minimum absolute atomic E-state index is 0.236. The van der Waals surface area contributed by atoms with Gasteiger partial charge in [-0.3, -0.25) is 9.89 Å². The van der Waals surface area contributed by atoms with Gasteiger partial charge in [-0.15, -0.1) is 0 Å². The minimum Gasteiger partial charge on any atom is -0.493 e. The van der Waals surface area contributed by atoms with E-state index >= 15 is 0 Å². The summed E-state index contributed by atoms with van der Waals surface area (Å²) in [6.07, 6.45) is 1.56. The zero-order valence-electron chi connectivity index (χ0n) is 17.7. The maximum Gasteiger partial charge on any atom is 0.276 e. The Hall–Kier alpha value is -4.59. The number of hydrogen-bond donors (Lipinski definition) is 2. The summed E-state index contributed by atoms with van der Waals surface area (Å²) in [7, 11) is 1.56. The van der Waals surface area contributed by atoms with E-state index < -0.39 is 0 Å². The average molecular weight is 440 g/mol. The molecular formula is C25H20N4O4. The zero-order valence-corrected chi connectivity index (χ0v) is 17.7. The molecule has 8 nitrogen and oxygen atoms in total. The molecule has 0 bridgehead atoms. The Morgan fingerprint density at radius 3 is 2.79 bits per heavy atom. The molecule has 0 unspecified atom stereocenters. The van der Waals surface area contributed by atoms with E-state index in [1.807, 2.05) is 36.4 Å². The number of anilines is 1. The topological polar surface area (TPSA) is 102 Å². The number of furan rings is 1. The number of ether oxygens (including phenoxy) is 2. The molecule has 3 heterocycles. The van der Waals surface area contributed by atoms with Gasteiger partial charge >= 0.3 is 0 Å². The molecule has 0 saturated heterocycles. The van der Waals surface area contributed by atoms with Crippen LogP contribution in [0.3, 0.4) is 0 Å². The number of aromatic amines is 1. The number of aromatic nitrogens is 3. The van der Waals surface area contributed by atoms with Crippen molar-refractivity contribution in [3.8, 4) is 23.0 Å². The number of carbonyl (C=O) groups excluding carboxylic acids is 1. The number of carbonyl (C=O) groups is 1. The SMILES string of the molecule is COc1ccc(NC(=O)c2cc(-c3ccco3)[nH]n2)cc1OCc1ccc2ccccc2n1. The molecule has 33 heavy (non-hydrogen) atoms. The van der Waals surface area contributed by atoms with Gasteiger partial charge in [-0.05, 0) is 36.4 Å². The molecular weight excluding hydrogens is 420 g/mol. The van der Waals surface area contributed by atoms with Gasteiger partial charge in [0.2, 0.25) is 0 Å². The van der Waals surface area contributed by atoms with Crippen LogP contribution in [0, 0.1) is 0 Å². The lowest BCUT2D eigenvalue weighted by atomic mass is 10.2. The summed E-state index contributed by atoms with van der Waals surface area (Å²) in [6, 6.07) is 22.2. The normalized spacial score (nSPS) is 10.8. The first-order valence-electron chi connectivity index (χ1n) is 10.3. The summed E-state index contributed by atoms with van der Waals surface area (Å²) in [5, 5.41) is 10.8. The predicted molar refractivity (Wildman–Crippen MR) is 123 cm³/mol. The highest BCUT2D eigenvalue weighted by Crippen LogP contribution is 2.31. The first kappa shape index (κ1) is 20.3. The van der Waals surface area contributed by atoms with Crippen LogP contribution in [-0.4, -0.2) is 28.2 Å². The van der Waals surface area contributed by atoms with Crippen molar-refractivity contribution in [2.45, 2.75) is 6.61 Å². The van der Waals surface area contributed by atoms with Crippen molar-refractivity contribution in [3.63, 3.8) is 0 Å². The van der Waals surface area contributed by atoms with Gasteiger partial charge in [-0.1, -0.05) is 24.3 Å². The Morgan fingerprint density at radius 2 is 1.94 bits per heavy atom. The Balaban J connectivity index is 1.30. The zero-order chi connectivity index (χ0) is 22.6. The summed E-state index contributed by atoms with van der Waals surface area (Å²) < 4.78 is 16.7. The van der Waals surface area contributed by atoms with Crippen molar-refractivity contribution in [3.05, 3.63) is 90.4 Å². The number of methoxy groups -OCH3 is 1. The fourth-order valence-corrected chi connectivity index (χ4v) is 3.40. The smallest absolute Gasteiger partial charge is 0.276 e. The summed E-state index contributed by atoms with van der Waals surface area (Å²) in [4.78, 5) is 17.3. The number of nitrogens with zero attached hydrogens (tertiary/aromatic N) is 2. The molecule has 0 atom stereocenters. The first-order chi connectivity index (χ1) is 16.2. The lowest BCUT2D eigenvalue weighted by Crippen LogP contribution is -2.12. The highest BCUT2D eigenvalue weighted by Gasteiger charge is 2.15. The molecule has 0 radical (unpaired) electrons. The number of H-pyrrole nitrogens is 1. The number of fused-ring (bicyclic) bond motifs is 1. The van der Waals surface area contributed by atoms with Gasteiger partial charge in [0.05, 0.1) is 24.6 Å². The molecule has 0 aliphatic heterocycles. The minimum atomic E-state index is -0.364. The van der Waals surface area contributed by atoms with E-state index in [1.54, 1.807) is 49.8 Å². The summed E-state index contributed by atoms with van der Waals surface area (Å²) in [5.74, 6) is 1.28. The van der Waals surface area contributed by atoms with Crippen LogP contribution in [0.25, 0.3) is 22.4 Å². The quantitative estimate of drug-likeness (QED) is 0.367. The van der Waals surface area contributed by atoms with Crippen LogP contribution < -0.4 is 14.8 Å². The van der Waals surface area contributed by atoms with Gasteiger partial charge in [-0.2, -0.15) is 5.10 Å². The highest BCUT2D eigenvalue weighted by molar-refractivity contribution is 6.03. The van der Waals surface area contributed by atoms with E-state index in [4.69, 9.17) is 13.9 Å². The van der Waals surface area contributed by atoms with Gasteiger partial charge in [0.1, 0.15) is 12.3 Å². The summed E-state index contributed by atoms with van der Waals surface area (Å²) in [5.41, 5.74) is 3.09. The Morgan fingerprint density at radius 1 is 1.03 bits per heavy atom. The lowest BCUT2D eigenvalue weighted by molar-refractivity contribution is 0.102. The van der Waals surface area contributed by atoms with Crippen LogP contribution in [-0.2, 0) is 6.61 Å². The largest absolute Gasteiger partial charge is 0.493 e. The number of pyridine rings is 1. The number of rotatable bonds is 7. The van der Waals surface area contributed by atoms with Crippen LogP contribution in [0.15, 0.2) is 83.5 Å². The molecule has 164 valence electrons. The molecule has 0 aliphatic rings. The van der Waals surface area contributed by atoms with Gasteiger partial charge in [0, 0.05) is 23.2 Å². The monoisotopic (exact) mass is 440 g/mol. The number of nitrogens with one attached hydrogen (secondary N) is 2. The van der Waals surface area contributed by atoms with Crippen LogP contribution >= 0.6 is 0 Å². The lowest BCUT2D eigenvalue weighted by Gasteiger charge is -2.13. The van der Waals surface area contributed by atoms with Crippen LogP contribution in [0.2, 0.25) is 0 Å². The van der Waals surface area contributed by atoms with E-state index in [1.165, 1.54) is 0 Å². The Labute approximate surface area is 189 Å². The fourth-order valence-electron chi connectivity index (χ4n) is 3.40. The first-order valence-corrected chi connectivity index (χ1v) is 10.3. The van der Waals surface area contributed by atoms with E-state index in [0.29, 0.717) is 28.6 Å². The van der Waals surface area contributed by atoms with Crippen molar-refractivity contribution >= 4 is 22.5 Å². The molecule has 3 aromatic heterocycles. The Bertz CT molecular complexity index is 1410. The third-order valence-corrected chi connectivity index (χ3v) is 5.05. The maximum atomic E-state index is 12.7. The molecule has 2 aromatic carbocycles. The fraction of sp³-hybridized carbons (Fsp3) is 0.0800. The van der Waals surface area contributed by atoms with E-state index in [0.717, 1.165) is 16.6 Å². The number of benzene rings is 2. The van der Waals surface area contributed by atoms with Crippen molar-refractivity contribution in [1.29, 1.82) is 0 Å². The molecule has 1 amide bonds. The third-order valence-electron chi connectivity index (χ3n) is 5.05. The molecule has 0 saturated carbocycles. The molecule has 5 aromatic rings. The van der Waals surface area contributed by atoms with Crippen molar-refractivity contribution in [2.24, 2.45) is 0 Å². The van der Waals surface area contributed by atoms with E-state index in [2.05, 4.69) is 20.5 Å². The predicted octanol–water partition coefficient (Wildman–Crippen LogP) is 5.06. The van der Waals surface area contributed by atoms with Crippen molar-refractivity contribution in [2.75, 3.05) is 12.4 Å². The van der Waals surface area contributed by atoms with Gasteiger partial charge in [0.25, 0.3) is 5.91 Å².